The molecule has 0 heterocycles. The Morgan fingerprint density at radius 1 is 1.33 bits per heavy atom. The van der Waals surface area contributed by atoms with Crippen molar-refractivity contribution in [2.24, 2.45) is 4.99 Å². The van der Waals surface area contributed by atoms with Gasteiger partial charge in [0.2, 0.25) is 0 Å². The Bertz CT molecular complexity index is 549. The summed E-state index contributed by atoms with van der Waals surface area (Å²) in [5.41, 5.74) is -0.866. The van der Waals surface area contributed by atoms with Gasteiger partial charge in [0.1, 0.15) is 19.5 Å². The molecule has 0 saturated heterocycles. The van der Waals surface area contributed by atoms with Gasteiger partial charge in [-0.25, -0.2) is 9.18 Å². The number of ether oxygens (including phenoxy) is 2. The van der Waals surface area contributed by atoms with E-state index in [2.05, 4.69) is 25.7 Å². The predicted molar refractivity (Wildman–Crippen MR) is 84.3 cm³/mol. The zero-order chi connectivity index (χ0) is 18.2. The fraction of sp³-hybridized carbons (Fsp3) is 0.467. The minimum absolute atomic E-state index is 0.0128. The lowest BCUT2D eigenvalue weighted by Gasteiger charge is -2.12. The molecule has 0 bridgehead atoms. The van der Waals surface area contributed by atoms with Crippen molar-refractivity contribution in [1.29, 1.82) is 0 Å². The normalized spacial score (nSPS) is 14.6. The molecule has 0 radical (unpaired) electrons. The van der Waals surface area contributed by atoms with Crippen LogP contribution in [0.5, 0.6) is 0 Å². The molecule has 0 aliphatic rings. The molecule has 9 heteroatoms. The summed E-state index contributed by atoms with van der Waals surface area (Å²) in [6, 6.07) is 3.66. The van der Waals surface area contributed by atoms with Crippen molar-refractivity contribution < 1.29 is 31.8 Å². The third-order valence-electron chi connectivity index (χ3n) is 2.79. The first-order chi connectivity index (χ1) is 11.2. The van der Waals surface area contributed by atoms with Crippen molar-refractivity contribution in [3.63, 3.8) is 0 Å². The SMILES string of the molecule is COCN=C[C@@H](F)C[C@@H](Br)COC(=O)c1ccc(C(F)(F)F)cc1. The van der Waals surface area contributed by atoms with Crippen LogP contribution >= 0.6 is 15.9 Å². The number of carbonyl (C=O) groups is 1. The number of benzene rings is 1. The molecule has 4 nitrogen and oxygen atoms in total. The molecule has 0 saturated carbocycles. The van der Waals surface area contributed by atoms with E-state index in [1.807, 2.05) is 0 Å². The number of methoxy groups -OCH3 is 1. The summed E-state index contributed by atoms with van der Waals surface area (Å²) in [4.78, 5) is 15.0. The highest BCUT2D eigenvalue weighted by molar-refractivity contribution is 9.09. The molecule has 0 amide bonds. The lowest BCUT2D eigenvalue weighted by atomic mass is 10.1. The zero-order valence-electron chi connectivity index (χ0n) is 12.7. The number of aliphatic imine (C=N–C) groups is 1. The minimum Gasteiger partial charge on any atom is -0.461 e. The lowest BCUT2D eigenvalue weighted by Crippen LogP contribution is -2.18. The standard InChI is InChI=1S/C15H16BrF4NO3/c1-23-9-21-7-13(17)6-12(16)8-24-14(22)10-2-4-11(5-3-10)15(18,19)20/h2-5,7,12-13H,6,8-9H2,1H3/t12-,13+/m1/s1. The van der Waals surface area contributed by atoms with Crippen molar-refractivity contribution in [2.45, 2.75) is 23.6 Å². The van der Waals surface area contributed by atoms with E-state index in [1.54, 1.807) is 0 Å². The summed E-state index contributed by atoms with van der Waals surface area (Å²) in [6.45, 7) is -0.0747. The highest BCUT2D eigenvalue weighted by atomic mass is 79.9. The fourth-order valence-corrected chi connectivity index (χ4v) is 2.14. The molecule has 1 aromatic carbocycles. The van der Waals surface area contributed by atoms with Crippen LogP contribution in [0.25, 0.3) is 0 Å². The molecule has 1 rings (SSSR count). The van der Waals surface area contributed by atoms with Gasteiger partial charge in [-0.2, -0.15) is 13.2 Å². The number of halogens is 5. The van der Waals surface area contributed by atoms with Gasteiger partial charge in [0.05, 0.1) is 16.0 Å². The van der Waals surface area contributed by atoms with Crippen molar-refractivity contribution >= 4 is 28.1 Å². The first-order valence-electron chi connectivity index (χ1n) is 6.85. The van der Waals surface area contributed by atoms with E-state index in [1.165, 1.54) is 7.11 Å². The van der Waals surface area contributed by atoms with Gasteiger partial charge in [-0.3, -0.25) is 4.99 Å². The van der Waals surface area contributed by atoms with E-state index in [4.69, 9.17) is 4.74 Å². The Labute approximate surface area is 145 Å². The van der Waals surface area contributed by atoms with E-state index in [-0.39, 0.29) is 25.3 Å². The third kappa shape index (κ3) is 7.39. The van der Waals surface area contributed by atoms with Crippen LogP contribution in [0.2, 0.25) is 0 Å². The number of hydrogen-bond donors (Lipinski definition) is 0. The zero-order valence-corrected chi connectivity index (χ0v) is 14.3. The summed E-state index contributed by atoms with van der Waals surface area (Å²) in [5.74, 6) is -0.781. The van der Waals surface area contributed by atoms with Crippen molar-refractivity contribution in [2.75, 3.05) is 20.4 Å². The lowest BCUT2D eigenvalue weighted by molar-refractivity contribution is -0.137. The number of alkyl halides is 5. The highest BCUT2D eigenvalue weighted by Crippen LogP contribution is 2.29. The van der Waals surface area contributed by atoms with Crippen LogP contribution < -0.4 is 0 Å². The van der Waals surface area contributed by atoms with Crippen LogP contribution in [-0.4, -0.2) is 43.6 Å². The smallest absolute Gasteiger partial charge is 0.416 e. The minimum atomic E-state index is -4.47. The van der Waals surface area contributed by atoms with Crippen LogP contribution in [0.15, 0.2) is 29.3 Å². The average molecular weight is 414 g/mol. The van der Waals surface area contributed by atoms with E-state index in [0.717, 1.165) is 30.5 Å². The van der Waals surface area contributed by atoms with E-state index < -0.39 is 28.7 Å². The second-order valence-electron chi connectivity index (χ2n) is 4.77. The third-order valence-corrected chi connectivity index (χ3v) is 3.43. The van der Waals surface area contributed by atoms with Gasteiger partial charge in [0, 0.05) is 13.3 Å². The fourth-order valence-electron chi connectivity index (χ4n) is 1.65. The molecular formula is C15H16BrF4NO3. The van der Waals surface area contributed by atoms with Gasteiger partial charge in [0.15, 0.2) is 0 Å². The number of rotatable bonds is 8. The molecule has 0 fully saturated rings. The Hall–Kier alpha value is -1.48. The molecule has 0 aliphatic heterocycles. The average Bonchev–Trinajstić information content (AvgIpc) is 2.52. The molecule has 0 spiro atoms. The highest BCUT2D eigenvalue weighted by Gasteiger charge is 2.30. The van der Waals surface area contributed by atoms with Gasteiger partial charge in [0.25, 0.3) is 0 Å². The first-order valence-corrected chi connectivity index (χ1v) is 7.77. The second-order valence-corrected chi connectivity index (χ2v) is 6.07. The van der Waals surface area contributed by atoms with Crippen molar-refractivity contribution in [1.82, 2.24) is 0 Å². The number of hydrogen-bond acceptors (Lipinski definition) is 4. The van der Waals surface area contributed by atoms with Crippen molar-refractivity contribution in [3.05, 3.63) is 35.4 Å². The predicted octanol–water partition coefficient (Wildman–Crippen LogP) is 4.03. The monoisotopic (exact) mass is 413 g/mol. The number of carbonyl (C=O) groups excluding carboxylic acids is 1. The molecular weight excluding hydrogens is 398 g/mol. The quantitative estimate of drug-likeness (QED) is 0.279. The maximum absolute atomic E-state index is 13.5. The Kier molecular flexibility index (Phi) is 8.34. The summed E-state index contributed by atoms with van der Waals surface area (Å²) in [6.07, 6.45) is -4.69. The second kappa shape index (κ2) is 9.73. The Balaban J connectivity index is 2.45. The first kappa shape index (κ1) is 20.6. The summed E-state index contributed by atoms with van der Waals surface area (Å²) in [5, 5.41) is 0. The Morgan fingerprint density at radius 2 is 1.96 bits per heavy atom. The molecule has 0 aliphatic carbocycles. The summed E-state index contributed by atoms with van der Waals surface area (Å²) < 4.78 is 60.4. The van der Waals surface area contributed by atoms with Gasteiger partial charge in [-0.05, 0) is 30.7 Å². The van der Waals surface area contributed by atoms with E-state index in [0.29, 0.717) is 0 Å². The summed E-state index contributed by atoms with van der Waals surface area (Å²) in [7, 11) is 1.43. The van der Waals surface area contributed by atoms with Gasteiger partial charge in [-0.1, -0.05) is 15.9 Å². The van der Waals surface area contributed by atoms with Crippen LogP contribution in [0.4, 0.5) is 17.6 Å². The van der Waals surface area contributed by atoms with E-state index >= 15 is 0 Å². The van der Waals surface area contributed by atoms with Crippen LogP contribution in [-0.2, 0) is 15.7 Å². The molecule has 0 unspecified atom stereocenters. The van der Waals surface area contributed by atoms with Gasteiger partial charge >= 0.3 is 12.1 Å². The van der Waals surface area contributed by atoms with Crippen molar-refractivity contribution in [3.8, 4) is 0 Å². The molecule has 2 atom stereocenters. The number of esters is 1. The maximum atomic E-state index is 13.5. The molecule has 1 aromatic rings. The molecule has 134 valence electrons. The molecule has 0 N–H and O–H groups in total. The van der Waals surface area contributed by atoms with Crippen LogP contribution in [0.3, 0.4) is 0 Å². The van der Waals surface area contributed by atoms with Gasteiger partial charge < -0.3 is 9.47 Å². The molecule has 0 aromatic heterocycles. The Morgan fingerprint density at radius 3 is 2.50 bits per heavy atom. The largest absolute Gasteiger partial charge is 0.461 e. The number of nitrogens with zero attached hydrogens (tertiary/aromatic N) is 1. The molecule has 24 heavy (non-hydrogen) atoms. The van der Waals surface area contributed by atoms with Crippen LogP contribution in [0, 0.1) is 0 Å². The van der Waals surface area contributed by atoms with Gasteiger partial charge in [-0.15, -0.1) is 0 Å². The van der Waals surface area contributed by atoms with E-state index in [9.17, 15) is 22.4 Å². The topological polar surface area (TPSA) is 47.9 Å². The van der Waals surface area contributed by atoms with Crippen LogP contribution in [0.1, 0.15) is 22.3 Å². The summed E-state index contributed by atoms with van der Waals surface area (Å²) >= 11 is 3.17. The maximum Gasteiger partial charge on any atom is 0.416 e.